The molecule has 0 spiro atoms. The van der Waals surface area contributed by atoms with E-state index in [0.717, 1.165) is 24.2 Å². The van der Waals surface area contributed by atoms with Crippen LogP contribution in [0.2, 0.25) is 0 Å². The van der Waals surface area contributed by atoms with Crippen molar-refractivity contribution in [1.29, 1.82) is 0 Å². The van der Waals surface area contributed by atoms with Gasteiger partial charge in [0.15, 0.2) is 5.96 Å². The Balaban J connectivity index is 0.00000364. The minimum atomic E-state index is 0. The number of aliphatic imine (C=N–C) groups is 1. The Kier molecular flexibility index (Phi) is 12.4. The maximum absolute atomic E-state index is 11.9. The summed E-state index contributed by atoms with van der Waals surface area (Å²) in [6, 6.07) is 4.67. The molecule has 1 aliphatic carbocycles. The van der Waals surface area contributed by atoms with E-state index in [2.05, 4.69) is 51.8 Å². The van der Waals surface area contributed by atoms with Gasteiger partial charge >= 0.3 is 0 Å². The molecular weight excluding hydrogens is 491 g/mol. The molecule has 2 unspecified atom stereocenters. The first-order valence-corrected chi connectivity index (χ1v) is 11.4. The molecule has 0 aliphatic heterocycles. The van der Waals surface area contributed by atoms with Crippen LogP contribution in [0.15, 0.2) is 22.5 Å². The first-order valence-electron chi connectivity index (χ1n) is 9.47. The van der Waals surface area contributed by atoms with E-state index < -0.39 is 0 Å². The van der Waals surface area contributed by atoms with Gasteiger partial charge in [0.2, 0.25) is 5.91 Å². The summed E-state index contributed by atoms with van der Waals surface area (Å²) in [6.45, 7) is 3.23. The van der Waals surface area contributed by atoms with Crippen LogP contribution in [0.3, 0.4) is 0 Å². The van der Waals surface area contributed by atoms with Crippen LogP contribution in [0.25, 0.3) is 0 Å². The maximum Gasteiger partial charge on any atom is 0.243 e. The van der Waals surface area contributed by atoms with Crippen molar-refractivity contribution in [3.05, 3.63) is 22.4 Å². The highest BCUT2D eigenvalue weighted by Gasteiger charge is 2.22. The van der Waals surface area contributed by atoms with Crippen molar-refractivity contribution in [1.82, 2.24) is 15.5 Å². The second-order valence-corrected chi connectivity index (χ2v) is 9.40. The number of carbonyl (C=O) groups excluding carboxylic acids is 1. The molecule has 1 aliphatic rings. The Morgan fingerprint density at radius 1 is 1.41 bits per heavy atom. The zero-order valence-electron chi connectivity index (χ0n) is 16.6. The van der Waals surface area contributed by atoms with Gasteiger partial charge in [0.05, 0.1) is 0 Å². The smallest absolute Gasteiger partial charge is 0.243 e. The number of halogens is 1. The van der Waals surface area contributed by atoms with Crippen molar-refractivity contribution in [3.63, 3.8) is 0 Å². The standard InChI is InChI=1S/C19H32N4OS2.HI/c1-4-25-17-8-5-7-15(13-17)22-19(21-14-18(24)23(2)3)20-11-10-16-9-6-12-26-16;/h6,9,12,15,17H,4-5,7-8,10-11,13-14H2,1-3H3,(H2,20,21,22);1H. The lowest BCUT2D eigenvalue weighted by Crippen LogP contribution is -2.46. The molecule has 154 valence electrons. The highest BCUT2D eigenvalue weighted by Crippen LogP contribution is 2.28. The number of hydrogen-bond donors (Lipinski definition) is 2. The Morgan fingerprint density at radius 2 is 2.22 bits per heavy atom. The van der Waals surface area contributed by atoms with Crippen LogP contribution in [0.1, 0.15) is 37.5 Å². The summed E-state index contributed by atoms with van der Waals surface area (Å²) >= 11 is 3.84. The van der Waals surface area contributed by atoms with E-state index in [0.29, 0.717) is 6.04 Å². The molecule has 8 heteroatoms. The highest BCUT2D eigenvalue weighted by atomic mass is 127. The lowest BCUT2D eigenvalue weighted by Gasteiger charge is -2.30. The molecular formula is C19H33IN4OS2. The number of hydrogen-bond acceptors (Lipinski definition) is 4. The van der Waals surface area contributed by atoms with Gasteiger partial charge in [0.1, 0.15) is 6.54 Å². The Morgan fingerprint density at radius 3 is 2.89 bits per heavy atom. The van der Waals surface area contributed by atoms with Gasteiger partial charge in [-0.1, -0.05) is 19.4 Å². The molecule has 1 heterocycles. The number of thiophene rings is 1. The maximum atomic E-state index is 11.9. The van der Waals surface area contributed by atoms with Crippen LogP contribution in [0, 0.1) is 0 Å². The number of rotatable bonds is 8. The summed E-state index contributed by atoms with van der Waals surface area (Å²) in [5, 5.41) is 9.83. The normalized spacial score (nSPS) is 19.9. The summed E-state index contributed by atoms with van der Waals surface area (Å²) in [5.41, 5.74) is 0. The summed E-state index contributed by atoms with van der Waals surface area (Å²) in [6.07, 6.45) is 5.89. The third kappa shape index (κ3) is 9.51. The second kappa shape index (κ2) is 13.7. The molecule has 1 fully saturated rings. The van der Waals surface area contributed by atoms with Crippen molar-refractivity contribution in [2.45, 2.75) is 50.3 Å². The zero-order valence-corrected chi connectivity index (χ0v) is 20.5. The van der Waals surface area contributed by atoms with E-state index in [1.54, 1.807) is 30.3 Å². The molecule has 1 saturated carbocycles. The minimum absolute atomic E-state index is 0. The van der Waals surface area contributed by atoms with Crippen molar-refractivity contribution >= 4 is 58.9 Å². The van der Waals surface area contributed by atoms with Gasteiger partial charge in [-0.05, 0) is 42.9 Å². The summed E-state index contributed by atoms with van der Waals surface area (Å²) in [4.78, 5) is 19.4. The summed E-state index contributed by atoms with van der Waals surface area (Å²) in [5.74, 6) is 1.96. The van der Waals surface area contributed by atoms with E-state index in [4.69, 9.17) is 0 Å². The third-order valence-corrected chi connectivity index (χ3v) is 6.65. The number of nitrogens with zero attached hydrogens (tertiary/aromatic N) is 2. The lowest BCUT2D eigenvalue weighted by atomic mass is 9.95. The van der Waals surface area contributed by atoms with Gasteiger partial charge in [-0.2, -0.15) is 11.8 Å². The van der Waals surface area contributed by atoms with Gasteiger partial charge in [0.25, 0.3) is 0 Å². The monoisotopic (exact) mass is 524 g/mol. The van der Waals surface area contributed by atoms with Crippen molar-refractivity contribution in [2.24, 2.45) is 4.99 Å². The van der Waals surface area contributed by atoms with Gasteiger partial charge in [-0.15, -0.1) is 35.3 Å². The van der Waals surface area contributed by atoms with Crippen LogP contribution in [0.5, 0.6) is 0 Å². The summed E-state index contributed by atoms with van der Waals surface area (Å²) in [7, 11) is 3.53. The first kappa shape index (κ1) is 24.6. The zero-order chi connectivity index (χ0) is 18.8. The minimum Gasteiger partial charge on any atom is -0.356 e. The molecule has 0 aromatic carbocycles. The number of likely N-dealkylation sites (N-methyl/N-ethyl adjacent to an activating group) is 1. The average Bonchev–Trinajstić information content (AvgIpc) is 3.13. The molecule has 0 radical (unpaired) electrons. The number of nitrogens with one attached hydrogen (secondary N) is 2. The molecule has 1 aromatic rings. The lowest BCUT2D eigenvalue weighted by molar-refractivity contribution is -0.127. The molecule has 1 aromatic heterocycles. The average molecular weight is 525 g/mol. The van der Waals surface area contributed by atoms with E-state index >= 15 is 0 Å². The van der Waals surface area contributed by atoms with E-state index in [9.17, 15) is 4.79 Å². The Hall–Kier alpha value is -0.480. The molecule has 5 nitrogen and oxygen atoms in total. The van der Waals surface area contributed by atoms with Gasteiger partial charge < -0.3 is 15.5 Å². The molecule has 2 atom stereocenters. The third-order valence-electron chi connectivity index (χ3n) is 4.48. The van der Waals surface area contributed by atoms with Crippen LogP contribution in [-0.4, -0.2) is 61.0 Å². The number of carbonyl (C=O) groups is 1. The van der Waals surface area contributed by atoms with Crippen LogP contribution in [-0.2, 0) is 11.2 Å². The Bertz CT molecular complexity index is 564. The largest absolute Gasteiger partial charge is 0.356 e. The molecule has 2 rings (SSSR count). The van der Waals surface area contributed by atoms with Crippen LogP contribution >= 0.6 is 47.1 Å². The summed E-state index contributed by atoms with van der Waals surface area (Å²) < 4.78 is 0. The van der Waals surface area contributed by atoms with Crippen LogP contribution in [0.4, 0.5) is 0 Å². The highest BCUT2D eigenvalue weighted by molar-refractivity contribution is 14.0. The number of amides is 1. The number of guanidine groups is 1. The first-order chi connectivity index (χ1) is 12.6. The molecule has 1 amide bonds. The predicted octanol–water partition coefficient (Wildman–Crippen LogP) is 3.60. The fraction of sp³-hybridized carbons (Fsp3) is 0.684. The van der Waals surface area contributed by atoms with Gasteiger partial charge in [0, 0.05) is 36.8 Å². The van der Waals surface area contributed by atoms with Crippen LogP contribution < -0.4 is 10.6 Å². The molecule has 0 saturated heterocycles. The molecule has 0 bridgehead atoms. The number of thioether (sulfide) groups is 1. The quantitative estimate of drug-likeness (QED) is 0.310. The van der Waals surface area contributed by atoms with Crippen molar-refractivity contribution < 1.29 is 4.79 Å². The molecule has 27 heavy (non-hydrogen) atoms. The van der Waals surface area contributed by atoms with E-state index in [-0.39, 0.29) is 36.4 Å². The SMILES string of the molecule is CCSC1CCCC(NC(=NCC(=O)N(C)C)NCCc2cccs2)C1.I. The van der Waals surface area contributed by atoms with Gasteiger partial charge in [-0.25, -0.2) is 4.99 Å². The second-order valence-electron chi connectivity index (χ2n) is 6.79. The predicted molar refractivity (Wildman–Crippen MR) is 130 cm³/mol. The van der Waals surface area contributed by atoms with Crippen molar-refractivity contribution in [2.75, 3.05) is 32.9 Å². The fourth-order valence-electron chi connectivity index (χ4n) is 3.06. The van der Waals surface area contributed by atoms with E-state index in [1.807, 2.05) is 0 Å². The van der Waals surface area contributed by atoms with Gasteiger partial charge in [-0.3, -0.25) is 4.79 Å². The molecule has 2 N–H and O–H groups in total. The van der Waals surface area contributed by atoms with Crippen molar-refractivity contribution in [3.8, 4) is 0 Å². The Labute approximate surface area is 189 Å². The van der Waals surface area contributed by atoms with E-state index in [1.165, 1.54) is 36.3 Å². The topological polar surface area (TPSA) is 56.7 Å². The fourth-order valence-corrected chi connectivity index (χ4v) is 4.94.